The van der Waals surface area contributed by atoms with E-state index >= 15 is 0 Å². The van der Waals surface area contributed by atoms with Crippen molar-refractivity contribution in [2.45, 2.75) is 6.54 Å². The molecule has 0 fully saturated rings. The molecular formula is C11H11N5O. The summed E-state index contributed by atoms with van der Waals surface area (Å²) in [6.45, 7) is 1.25. The van der Waals surface area contributed by atoms with Gasteiger partial charge in [0.2, 0.25) is 0 Å². The van der Waals surface area contributed by atoms with Crippen molar-refractivity contribution >= 4 is 0 Å². The van der Waals surface area contributed by atoms with Gasteiger partial charge in [-0.15, -0.1) is 10.2 Å². The first-order valence-electron chi connectivity index (χ1n) is 5.08. The van der Waals surface area contributed by atoms with Crippen LogP contribution in [0.2, 0.25) is 0 Å². The van der Waals surface area contributed by atoms with E-state index in [1.54, 1.807) is 25.6 Å². The zero-order valence-electron chi connectivity index (χ0n) is 9.37. The van der Waals surface area contributed by atoms with Crippen LogP contribution in [0.25, 0.3) is 11.5 Å². The molecule has 0 aliphatic rings. The van der Waals surface area contributed by atoms with Gasteiger partial charge in [-0.05, 0) is 12.1 Å². The number of hydrogen-bond acceptors (Lipinski definition) is 5. The van der Waals surface area contributed by atoms with E-state index in [1.807, 2.05) is 10.6 Å². The van der Waals surface area contributed by atoms with Crippen LogP contribution < -0.4 is 0 Å². The average molecular weight is 229 g/mol. The van der Waals surface area contributed by atoms with Crippen LogP contribution in [0.15, 0.2) is 24.7 Å². The van der Waals surface area contributed by atoms with Crippen molar-refractivity contribution < 1.29 is 4.74 Å². The Morgan fingerprint density at radius 2 is 2.35 bits per heavy atom. The SMILES string of the molecule is COCCn1cnnc1-c1ccc(C#N)cn1. The summed E-state index contributed by atoms with van der Waals surface area (Å²) in [6.07, 6.45) is 3.15. The minimum atomic E-state index is 0.525. The van der Waals surface area contributed by atoms with Crippen molar-refractivity contribution in [2.75, 3.05) is 13.7 Å². The molecule has 0 bridgehead atoms. The molecule has 0 spiro atoms. The molecule has 86 valence electrons. The van der Waals surface area contributed by atoms with Gasteiger partial charge < -0.3 is 9.30 Å². The number of ether oxygens (including phenoxy) is 1. The fourth-order valence-electron chi connectivity index (χ4n) is 1.40. The highest BCUT2D eigenvalue weighted by molar-refractivity contribution is 5.50. The van der Waals surface area contributed by atoms with Gasteiger partial charge in [0.1, 0.15) is 18.1 Å². The highest BCUT2D eigenvalue weighted by Gasteiger charge is 2.08. The number of methoxy groups -OCH3 is 1. The van der Waals surface area contributed by atoms with Gasteiger partial charge in [0.05, 0.1) is 12.2 Å². The summed E-state index contributed by atoms with van der Waals surface area (Å²) in [5.41, 5.74) is 1.22. The van der Waals surface area contributed by atoms with Gasteiger partial charge in [-0.3, -0.25) is 4.98 Å². The molecule has 0 atom stereocenters. The van der Waals surface area contributed by atoms with Crippen molar-refractivity contribution in [2.24, 2.45) is 0 Å². The minimum absolute atomic E-state index is 0.525. The van der Waals surface area contributed by atoms with Crippen LogP contribution in [0.4, 0.5) is 0 Å². The third kappa shape index (κ3) is 2.46. The second-order valence-electron chi connectivity index (χ2n) is 3.38. The fraction of sp³-hybridized carbons (Fsp3) is 0.273. The third-order valence-corrected chi connectivity index (χ3v) is 2.27. The van der Waals surface area contributed by atoms with E-state index in [4.69, 9.17) is 10.00 Å². The van der Waals surface area contributed by atoms with Crippen LogP contribution in [-0.2, 0) is 11.3 Å². The zero-order valence-corrected chi connectivity index (χ0v) is 9.37. The normalized spacial score (nSPS) is 10.1. The molecule has 0 saturated carbocycles. The van der Waals surface area contributed by atoms with E-state index in [-0.39, 0.29) is 0 Å². The van der Waals surface area contributed by atoms with Crippen LogP contribution in [0, 0.1) is 11.3 Å². The smallest absolute Gasteiger partial charge is 0.182 e. The molecule has 2 aromatic heterocycles. The van der Waals surface area contributed by atoms with Crippen molar-refractivity contribution in [3.05, 3.63) is 30.2 Å². The van der Waals surface area contributed by atoms with Crippen molar-refractivity contribution in [1.82, 2.24) is 19.7 Å². The molecule has 0 N–H and O–H groups in total. The lowest BCUT2D eigenvalue weighted by Crippen LogP contribution is -2.05. The molecule has 0 amide bonds. The largest absolute Gasteiger partial charge is 0.383 e. The Bertz CT molecular complexity index is 526. The highest BCUT2D eigenvalue weighted by Crippen LogP contribution is 2.13. The first-order chi connectivity index (χ1) is 8.35. The van der Waals surface area contributed by atoms with Gasteiger partial charge >= 0.3 is 0 Å². The Kier molecular flexibility index (Phi) is 3.43. The predicted molar refractivity (Wildman–Crippen MR) is 59.8 cm³/mol. The van der Waals surface area contributed by atoms with E-state index < -0.39 is 0 Å². The molecule has 6 nitrogen and oxygen atoms in total. The monoisotopic (exact) mass is 229 g/mol. The lowest BCUT2D eigenvalue weighted by Gasteiger charge is -2.04. The predicted octanol–water partition coefficient (Wildman–Crippen LogP) is 0.858. The highest BCUT2D eigenvalue weighted by atomic mass is 16.5. The van der Waals surface area contributed by atoms with Gasteiger partial charge in [0.15, 0.2) is 5.82 Å². The maximum atomic E-state index is 8.69. The molecule has 0 unspecified atom stereocenters. The number of rotatable bonds is 4. The molecule has 0 radical (unpaired) electrons. The van der Waals surface area contributed by atoms with E-state index in [1.165, 1.54) is 6.20 Å². The molecule has 0 aliphatic heterocycles. The Morgan fingerprint density at radius 1 is 1.47 bits per heavy atom. The Balaban J connectivity index is 2.26. The van der Waals surface area contributed by atoms with E-state index in [0.29, 0.717) is 30.2 Å². The first kappa shape index (κ1) is 11.2. The number of pyridine rings is 1. The molecule has 0 aromatic carbocycles. The zero-order chi connectivity index (χ0) is 12.1. The number of nitrogens with zero attached hydrogens (tertiary/aromatic N) is 5. The van der Waals surface area contributed by atoms with Crippen LogP contribution >= 0.6 is 0 Å². The number of hydrogen-bond donors (Lipinski definition) is 0. The summed E-state index contributed by atoms with van der Waals surface area (Å²) in [4.78, 5) is 4.17. The minimum Gasteiger partial charge on any atom is -0.383 e. The lowest BCUT2D eigenvalue weighted by molar-refractivity contribution is 0.187. The first-order valence-corrected chi connectivity index (χ1v) is 5.08. The molecule has 2 heterocycles. The van der Waals surface area contributed by atoms with E-state index in [9.17, 15) is 0 Å². The molecule has 0 aliphatic carbocycles. The number of aromatic nitrogens is 4. The van der Waals surface area contributed by atoms with Crippen LogP contribution in [0.5, 0.6) is 0 Å². The van der Waals surface area contributed by atoms with Crippen LogP contribution in [-0.4, -0.2) is 33.5 Å². The van der Waals surface area contributed by atoms with Gasteiger partial charge in [-0.1, -0.05) is 0 Å². The van der Waals surface area contributed by atoms with E-state index in [2.05, 4.69) is 15.2 Å². The van der Waals surface area contributed by atoms with E-state index in [0.717, 1.165) is 0 Å². The second kappa shape index (κ2) is 5.18. The maximum absolute atomic E-state index is 8.69. The molecular weight excluding hydrogens is 218 g/mol. The van der Waals surface area contributed by atoms with Gasteiger partial charge in [0.25, 0.3) is 0 Å². The molecule has 6 heteroatoms. The molecule has 17 heavy (non-hydrogen) atoms. The third-order valence-electron chi connectivity index (χ3n) is 2.27. The summed E-state index contributed by atoms with van der Waals surface area (Å²) in [6, 6.07) is 5.48. The van der Waals surface area contributed by atoms with Gasteiger partial charge in [0, 0.05) is 19.9 Å². The average Bonchev–Trinajstić information content (AvgIpc) is 2.84. The summed E-state index contributed by atoms with van der Waals surface area (Å²) in [7, 11) is 1.64. The quantitative estimate of drug-likeness (QED) is 0.777. The lowest BCUT2D eigenvalue weighted by atomic mass is 10.2. The Hall–Kier alpha value is -2.26. The van der Waals surface area contributed by atoms with Crippen LogP contribution in [0.1, 0.15) is 5.56 Å². The van der Waals surface area contributed by atoms with Gasteiger partial charge in [-0.2, -0.15) is 5.26 Å². The maximum Gasteiger partial charge on any atom is 0.182 e. The second-order valence-corrected chi connectivity index (χ2v) is 3.38. The number of nitriles is 1. The van der Waals surface area contributed by atoms with Crippen molar-refractivity contribution in [3.63, 3.8) is 0 Å². The standard InChI is InChI=1S/C11H11N5O/c1-17-5-4-16-8-14-15-11(16)10-3-2-9(6-12)7-13-10/h2-3,7-8H,4-5H2,1H3. The van der Waals surface area contributed by atoms with Crippen molar-refractivity contribution in [3.8, 4) is 17.6 Å². The Morgan fingerprint density at radius 3 is 3.00 bits per heavy atom. The Labute approximate surface area is 98.5 Å². The summed E-state index contributed by atoms with van der Waals surface area (Å²) < 4.78 is 6.86. The van der Waals surface area contributed by atoms with Crippen molar-refractivity contribution in [1.29, 1.82) is 5.26 Å². The molecule has 2 rings (SSSR count). The molecule has 0 saturated heterocycles. The fourth-order valence-corrected chi connectivity index (χ4v) is 1.40. The summed E-state index contributed by atoms with van der Waals surface area (Å²) in [5.74, 6) is 0.673. The van der Waals surface area contributed by atoms with Crippen LogP contribution in [0.3, 0.4) is 0 Å². The summed E-state index contributed by atoms with van der Waals surface area (Å²) >= 11 is 0. The topological polar surface area (TPSA) is 76.6 Å². The van der Waals surface area contributed by atoms with Gasteiger partial charge in [-0.25, -0.2) is 0 Å². The summed E-state index contributed by atoms with van der Waals surface area (Å²) in [5, 5.41) is 16.5. The molecule has 2 aromatic rings.